The Bertz CT molecular complexity index is 463. The molecule has 1 unspecified atom stereocenters. The standard InChI is InChI=1S/C16H31N5/c1-12(2)15-14(16(19(3)4)21(6)18-15)10-17-13-8-7-9-20(5)11-13/h12-13,17H,7-11H2,1-6H3. The summed E-state index contributed by atoms with van der Waals surface area (Å²) in [5.74, 6) is 1.67. The van der Waals surface area contributed by atoms with E-state index in [1.54, 1.807) is 0 Å². The van der Waals surface area contributed by atoms with Crippen molar-refractivity contribution in [2.45, 2.75) is 45.2 Å². The quantitative estimate of drug-likeness (QED) is 0.898. The van der Waals surface area contributed by atoms with E-state index in [-0.39, 0.29) is 0 Å². The van der Waals surface area contributed by atoms with Crippen LogP contribution in [0.25, 0.3) is 0 Å². The van der Waals surface area contributed by atoms with Crippen LogP contribution in [0.3, 0.4) is 0 Å². The first-order valence-electron chi connectivity index (χ1n) is 8.05. The third-order valence-corrected chi connectivity index (χ3v) is 4.31. The molecule has 0 spiro atoms. The molecule has 1 atom stereocenters. The molecule has 0 amide bonds. The van der Waals surface area contributed by atoms with Gasteiger partial charge in [-0.3, -0.25) is 4.68 Å². The second-order valence-electron chi connectivity index (χ2n) is 6.84. The van der Waals surface area contributed by atoms with Crippen molar-refractivity contribution in [3.05, 3.63) is 11.3 Å². The number of piperidine rings is 1. The Morgan fingerprint density at radius 1 is 1.33 bits per heavy atom. The number of rotatable bonds is 5. The predicted octanol–water partition coefficient (Wildman–Crippen LogP) is 1.79. The van der Waals surface area contributed by atoms with Gasteiger partial charge >= 0.3 is 0 Å². The van der Waals surface area contributed by atoms with Crippen molar-refractivity contribution >= 4 is 5.82 Å². The zero-order valence-corrected chi connectivity index (χ0v) is 14.5. The summed E-state index contributed by atoms with van der Waals surface area (Å²) >= 11 is 0. The molecular weight excluding hydrogens is 262 g/mol. The number of likely N-dealkylation sites (N-methyl/N-ethyl adjacent to an activating group) is 1. The number of nitrogens with zero attached hydrogens (tertiary/aromatic N) is 4. The zero-order valence-electron chi connectivity index (χ0n) is 14.5. The molecule has 5 heteroatoms. The van der Waals surface area contributed by atoms with Crippen molar-refractivity contribution in [1.29, 1.82) is 0 Å². The lowest BCUT2D eigenvalue weighted by atomic mass is 10.0. The van der Waals surface area contributed by atoms with E-state index < -0.39 is 0 Å². The molecule has 0 aliphatic carbocycles. The van der Waals surface area contributed by atoms with Crippen molar-refractivity contribution in [2.24, 2.45) is 7.05 Å². The lowest BCUT2D eigenvalue weighted by molar-refractivity contribution is 0.226. The summed E-state index contributed by atoms with van der Waals surface area (Å²) in [6, 6.07) is 0.596. The van der Waals surface area contributed by atoms with Crippen LogP contribution in [-0.4, -0.2) is 55.0 Å². The van der Waals surface area contributed by atoms with E-state index in [0.29, 0.717) is 12.0 Å². The van der Waals surface area contributed by atoms with E-state index >= 15 is 0 Å². The van der Waals surface area contributed by atoms with Gasteiger partial charge in [-0.1, -0.05) is 13.8 Å². The summed E-state index contributed by atoms with van der Waals surface area (Å²) < 4.78 is 2.01. The molecule has 1 aliphatic heterocycles. The fraction of sp³-hybridized carbons (Fsp3) is 0.812. The van der Waals surface area contributed by atoms with E-state index in [9.17, 15) is 0 Å². The normalized spacial score (nSPS) is 20.2. The minimum atomic E-state index is 0.454. The van der Waals surface area contributed by atoms with Crippen LogP contribution in [-0.2, 0) is 13.6 Å². The minimum Gasteiger partial charge on any atom is -0.363 e. The first-order valence-corrected chi connectivity index (χ1v) is 8.05. The van der Waals surface area contributed by atoms with Crippen LogP contribution in [0.1, 0.15) is 43.9 Å². The highest BCUT2D eigenvalue weighted by Gasteiger charge is 2.22. The first-order chi connectivity index (χ1) is 9.90. The average molecular weight is 293 g/mol. The van der Waals surface area contributed by atoms with Crippen LogP contribution in [0.5, 0.6) is 0 Å². The Hall–Kier alpha value is -1.07. The molecule has 1 aromatic rings. The molecule has 1 aliphatic rings. The fourth-order valence-corrected chi connectivity index (χ4v) is 3.35. The SMILES string of the molecule is CC(C)c1nn(C)c(N(C)C)c1CNC1CCCN(C)C1. The number of nitrogens with one attached hydrogen (secondary N) is 1. The highest BCUT2D eigenvalue weighted by Crippen LogP contribution is 2.27. The summed E-state index contributed by atoms with van der Waals surface area (Å²) in [7, 11) is 8.44. The molecule has 0 radical (unpaired) electrons. The highest BCUT2D eigenvalue weighted by molar-refractivity contribution is 5.50. The molecule has 2 rings (SSSR count). The van der Waals surface area contributed by atoms with Crippen molar-refractivity contribution in [1.82, 2.24) is 20.0 Å². The topological polar surface area (TPSA) is 36.3 Å². The molecular formula is C16H31N5. The Morgan fingerprint density at radius 3 is 2.62 bits per heavy atom. The van der Waals surface area contributed by atoms with Gasteiger partial charge in [-0.05, 0) is 32.4 Å². The van der Waals surface area contributed by atoms with E-state index in [2.05, 4.69) is 50.1 Å². The number of hydrogen-bond donors (Lipinski definition) is 1. The number of hydrogen-bond acceptors (Lipinski definition) is 4. The Labute approximate surface area is 129 Å². The maximum Gasteiger partial charge on any atom is 0.130 e. The van der Waals surface area contributed by atoms with Crippen molar-refractivity contribution in [3.8, 4) is 0 Å². The molecule has 21 heavy (non-hydrogen) atoms. The van der Waals surface area contributed by atoms with Crippen LogP contribution in [0, 0.1) is 0 Å². The van der Waals surface area contributed by atoms with E-state index in [1.165, 1.54) is 36.5 Å². The minimum absolute atomic E-state index is 0.454. The summed E-state index contributed by atoms with van der Waals surface area (Å²) in [6.07, 6.45) is 2.57. The van der Waals surface area contributed by atoms with Crippen molar-refractivity contribution in [2.75, 3.05) is 39.1 Å². The van der Waals surface area contributed by atoms with Gasteiger partial charge in [0.2, 0.25) is 0 Å². The number of aryl methyl sites for hydroxylation is 1. The molecule has 120 valence electrons. The van der Waals surface area contributed by atoms with Crippen molar-refractivity contribution < 1.29 is 0 Å². The predicted molar refractivity (Wildman–Crippen MR) is 89.0 cm³/mol. The first kappa shape index (κ1) is 16.3. The van der Waals surface area contributed by atoms with Crippen LogP contribution in [0.15, 0.2) is 0 Å². The van der Waals surface area contributed by atoms with E-state index in [1.807, 2.05) is 11.7 Å². The Morgan fingerprint density at radius 2 is 2.05 bits per heavy atom. The third kappa shape index (κ3) is 3.77. The van der Waals surface area contributed by atoms with E-state index in [4.69, 9.17) is 5.10 Å². The molecule has 0 bridgehead atoms. The van der Waals surface area contributed by atoms with Gasteiger partial charge in [0.15, 0.2) is 0 Å². The van der Waals surface area contributed by atoms with Crippen LogP contribution < -0.4 is 10.2 Å². The van der Waals surface area contributed by atoms with Gasteiger partial charge < -0.3 is 15.1 Å². The number of anilines is 1. The van der Waals surface area contributed by atoms with E-state index in [0.717, 1.165) is 13.1 Å². The van der Waals surface area contributed by atoms with Crippen LogP contribution in [0.2, 0.25) is 0 Å². The van der Waals surface area contributed by atoms with Gasteiger partial charge in [0.05, 0.1) is 5.69 Å². The average Bonchev–Trinajstić information content (AvgIpc) is 2.73. The molecule has 1 aromatic heterocycles. The van der Waals surface area contributed by atoms with Crippen LogP contribution in [0.4, 0.5) is 5.82 Å². The summed E-state index contributed by atoms with van der Waals surface area (Å²) in [4.78, 5) is 4.59. The largest absolute Gasteiger partial charge is 0.363 e. The molecule has 1 N–H and O–H groups in total. The van der Waals surface area contributed by atoms with Gasteiger partial charge in [0, 0.05) is 45.8 Å². The lowest BCUT2D eigenvalue weighted by Crippen LogP contribution is -2.43. The molecule has 0 saturated carbocycles. The molecule has 1 saturated heterocycles. The van der Waals surface area contributed by atoms with Crippen molar-refractivity contribution in [3.63, 3.8) is 0 Å². The fourth-order valence-electron chi connectivity index (χ4n) is 3.35. The van der Waals surface area contributed by atoms with Gasteiger partial charge in [0.25, 0.3) is 0 Å². The summed E-state index contributed by atoms with van der Waals surface area (Å²) in [5, 5.41) is 8.49. The maximum absolute atomic E-state index is 4.73. The maximum atomic E-state index is 4.73. The highest BCUT2D eigenvalue weighted by atomic mass is 15.4. The molecule has 2 heterocycles. The molecule has 0 aromatic carbocycles. The Kier molecular flexibility index (Phi) is 5.27. The molecule has 1 fully saturated rings. The lowest BCUT2D eigenvalue weighted by Gasteiger charge is -2.30. The second kappa shape index (κ2) is 6.79. The van der Waals surface area contributed by atoms with Gasteiger partial charge in [-0.15, -0.1) is 0 Å². The second-order valence-corrected chi connectivity index (χ2v) is 6.84. The zero-order chi connectivity index (χ0) is 15.6. The smallest absolute Gasteiger partial charge is 0.130 e. The monoisotopic (exact) mass is 293 g/mol. The third-order valence-electron chi connectivity index (χ3n) is 4.31. The number of likely N-dealkylation sites (tertiary alicyclic amines) is 1. The van der Waals surface area contributed by atoms with Gasteiger partial charge in [-0.2, -0.15) is 5.10 Å². The van der Waals surface area contributed by atoms with Crippen LogP contribution >= 0.6 is 0 Å². The Balaban J connectivity index is 2.14. The summed E-state index contributed by atoms with van der Waals surface area (Å²) in [6.45, 7) is 7.73. The van der Waals surface area contributed by atoms with Gasteiger partial charge in [0.1, 0.15) is 5.82 Å². The summed E-state index contributed by atoms with van der Waals surface area (Å²) in [5.41, 5.74) is 2.57. The number of aromatic nitrogens is 2. The van der Waals surface area contributed by atoms with Gasteiger partial charge in [-0.25, -0.2) is 0 Å². The molecule has 5 nitrogen and oxygen atoms in total.